The number of nitrogens with one attached hydrogen (secondary N) is 1. The molecule has 0 aliphatic rings. The van der Waals surface area contributed by atoms with E-state index in [9.17, 15) is 4.79 Å². The predicted octanol–water partition coefficient (Wildman–Crippen LogP) is 2.51. The number of nitrogens with zero attached hydrogens (tertiary/aromatic N) is 2. The first-order valence-corrected chi connectivity index (χ1v) is 7.09. The van der Waals surface area contributed by atoms with Gasteiger partial charge in [0.2, 0.25) is 0 Å². The van der Waals surface area contributed by atoms with Gasteiger partial charge in [0.1, 0.15) is 10.7 Å². The van der Waals surface area contributed by atoms with Gasteiger partial charge in [0, 0.05) is 23.2 Å². The van der Waals surface area contributed by atoms with E-state index in [4.69, 9.17) is 10.2 Å². The molecule has 0 aliphatic heterocycles. The summed E-state index contributed by atoms with van der Waals surface area (Å²) in [6.07, 6.45) is 2.99. The zero-order valence-corrected chi connectivity index (χ0v) is 11.8. The van der Waals surface area contributed by atoms with Crippen LogP contribution in [0.3, 0.4) is 0 Å². The Morgan fingerprint density at radius 3 is 3.05 bits per heavy atom. The lowest BCUT2D eigenvalue weighted by molar-refractivity contribution is 0.102. The number of oxazole rings is 1. The fraction of sp³-hybridized carbons (Fsp3) is 0.0714. The van der Waals surface area contributed by atoms with Gasteiger partial charge in [-0.25, -0.2) is 9.97 Å². The number of thiazole rings is 1. The van der Waals surface area contributed by atoms with Crippen LogP contribution in [0.4, 0.5) is 5.69 Å². The number of nitrogens with two attached hydrogens (primary N) is 1. The molecule has 0 radical (unpaired) electrons. The van der Waals surface area contributed by atoms with Crippen LogP contribution in [0.25, 0.3) is 11.3 Å². The molecule has 0 saturated carbocycles. The standard InChI is InChI=1S/C14H12N4O2S/c15-5-13-18-11(7-21-13)14(19)17-10-3-1-2-9(4-10)12-6-16-8-20-12/h1-4,6-8H,5,15H2,(H,17,19). The number of benzene rings is 1. The second-order valence-corrected chi connectivity index (χ2v) is 5.17. The van der Waals surface area contributed by atoms with Crippen molar-refractivity contribution in [2.45, 2.75) is 6.54 Å². The molecule has 21 heavy (non-hydrogen) atoms. The molecule has 0 aliphatic carbocycles. The summed E-state index contributed by atoms with van der Waals surface area (Å²) in [5.41, 5.74) is 7.36. The SMILES string of the molecule is NCc1nc(C(=O)Nc2cccc(-c3cnco3)c2)cs1. The largest absolute Gasteiger partial charge is 0.444 e. The lowest BCUT2D eigenvalue weighted by atomic mass is 10.1. The lowest BCUT2D eigenvalue weighted by Gasteiger charge is -2.04. The molecule has 106 valence electrons. The zero-order chi connectivity index (χ0) is 14.7. The Kier molecular flexibility index (Phi) is 3.76. The summed E-state index contributed by atoms with van der Waals surface area (Å²) in [5, 5.41) is 5.22. The zero-order valence-electron chi connectivity index (χ0n) is 10.9. The maximum atomic E-state index is 12.1. The van der Waals surface area contributed by atoms with Gasteiger partial charge in [-0.2, -0.15) is 0 Å². The van der Waals surface area contributed by atoms with Crippen LogP contribution < -0.4 is 11.1 Å². The first kappa shape index (κ1) is 13.5. The molecule has 0 bridgehead atoms. The lowest BCUT2D eigenvalue weighted by Crippen LogP contribution is -2.12. The average Bonchev–Trinajstić information content (AvgIpc) is 3.19. The Bertz CT molecular complexity index is 752. The van der Waals surface area contributed by atoms with Crippen LogP contribution in [0.1, 0.15) is 15.5 Å². The Morgan fingerprint density at radius 2 is 2.33 bits per heavy atom. The van der Waals surface area contributed by atoms with Gasteiger partial charge in [0.25, 0.3) is 5.91 Å². The third-order valence-corrected chi connectivity index (χ3v) is 3.67. The van der Waals surface area contributed by atoms with Crippen LogP contribution in [0.5, 0.6) is 0 Å². The number of amides is 1. The van der Waals surface area contributed by atoms with E-state index in [1.54, 1.807) is 17.6 Å². The Hall–Kier alpha value is -2.51. The van der Waals surface area contributed by atoms with Gasteiger partial charge >= 0.3 is 0 Å². The highest BCUT2D eigenvalue weighted by Crippen LogP contribution is 2.22. The summed E-state index contributed by atoms with van der Waals surface area (Å²) in [5.74, 6) is 0.380. The van der Waals surface area contributed by atoms with Crippen molar-refractivity contribution in [1.82, 2.24) is 9.97 Å². The van der Waals surface area contributed by atoms with Crippen LogP contribution >= 0.6 is 11.3 Å². The van der Waals surface area contributed by atoms with Crippen LogP contribution in [0, 0.1) is 0 Å². The molecule has 7 heteroatoms. The van der Waals surface area contributed by atoms with Crippen LogP contribution in [0.15, 0.2) is 46.7 Å². The maximum absolute atomic E-state index is 12.1. The highest BCUT2D eigenvalue weighted by molar-refractivity contribution is 7.09. The molecule has 3 aromatic rings. The normalized spacial score (nSPS) is 10.5. The smallest absolute Gasteiger partial charge is 0.275 e. The van der Waals surface area contributed by atoms with Gasteiger partial charge in [-0.15, -0.1) is 11.3 Å². The van der Waals surface area contributed by atoms with E-state index in [1.807, 2.05) is 18.2 Å². The molecular weight excluding hydrogens is 288 g/mol. The Balaban J connectivity index is 1.78. The van der Waals surface area contributed by atoms with Crippen molar-refractivity contribution in [3.8, 4) is 11.3 Å². The van der Waals surface area contributed by atoms with E-state index >= 15 is 0 Å². The number of aromatic nitrogens is 2. The quantitative estimate of drug-likeness (QED) is 0.772. The van der Waals surface area contributed by atoms with Crippen LogP contribution in [0.2, 0.25) is 0 Å². The maximum Gasteiger partial charge on any atom is 0.275 e. The molecule has 2 aromatic heterocycles. The Labute approximate surface area is 124 Å². The molecule has 3 rings (SSSR count). The molecule has 1 aromatic carbocycles. The van der Waals surface area contributed by atoms with Crippen molar-refractivity contribution >= 4 is 22.9 Å². The third kappa shape index (κ3) is 2.99. The molecule has 0 fully saturated rings. The fourth-order valence-corrected chi connectivity index (χ4v) is 2.47. The summed E-state index contributed by atoms with van der Waals surface area (Å²) in [4.78, 5) is 20.1. The fourth-order valence-electron chi connectivity index (χ4n) is 1.81. The van der Waals surface area contributed by atoms with E-state index < -0.39 is 0 Å². The number of carbonyl (C=O) groups excluding carboxylic acids is 1. The number of carbonyl (C=O) groups is 1. The van der Waals surface area contributed by atoms with Crippen LogP contribution in [-0.2, 0) is 6.54 Å². The summed E-state index contributed by atoms with van der Waals surface area (Å²) in [7, 11) is 0. The van der Waals surface area contributed by atoms with Crippen molar-refractivity contribution in [2.24, 2.45) is 5.73 Å². The summed E-state index contributed by atoms with van der Waals surface area (Å²) < 4.78 is 5.23. The van der Waals surface area contributed by atoms with Crippen molar-refractivity contribution in [3.63, 3.8) is 0 Å². The van der Waals surface area contributed by atoms with Crippen molar-refractivity contribution in [3.05, 3.63) is 52.9 Å². The van der Waals surface area contributed by atoms with Crippen molar-refractivity contribution < 1.29 is 9.21 Å². The van der Waals surface area contributed by atoms with Gasteiger partial charge in [-0.1, -0.05) is 12.1 Å². The van der Waals surface area contributed by atoms with Crippen molar-refractivity contribution in [2.75, 3.05) is 5.32 Å². The first-order valence-electron chi connectivity index (χ1n) is 6.21. The van der Waals surface area contributed by atoms with Gasteiger partial charge in [-0.3, -0.25) is 4.79 Å². The number of hydrogen-bond acceptors (Lipinski definition) is 6. The summed E-state index contributed by atoms with van der Waals surface area (Å²) in [6, 6.07) is 7.33. The molecule has 6 nitrogen and oxygen atoms in total. The predicted molar refractivity (Wildman–Crippen MR) is 79.9 cm³/mol. The molecule has 1 amide bonds. The second kappa shape index (κ2) is 5.86. The molecular formula is C14H12N4O2S. The highest BCUT2D eigenvalue weighted by atomic mass is 32.1. The highest BCUT2D eigenvalue weighted by Gasteiger charge is 2.11. The Morgan fingerprint density at radius 1 is 1.43 bits per heavy atom. The molecule has 0 atom stereocenters. The van der Waals surface area contributed by atoms with Gasteiger partial charge in [0.15, 0.2) is 12.2 Å². The monoisotopic (exact) mass is 300 g/mol. The van der Waals surface area contributed by atoms with E-state index in [0.717, 1.165) is 10.6 Å². The summed E-state index contributed by atoms with van der Waals surface area (Å²) in [6.45, 7) is 0.332. The molecule has 0 spiro atoms. The summed E-state index contributed by atoms with van der Waals surface area (Å²) >= 11 is 1.37. The van der Waals surface area contributed by atoms with E-state index in [-0.39, 0.29) is 5.91 Å². The molecule has 0 unspecified atom stereocenters. The minimum Gasteiger partial charge on any atom is -0.444 e. The topological polar surface area (TPSA) is 94.0 Å². The number of anilines is 1. The second-order valence-electron chi connectivity index (χ2n) is 4.23. The van der Waals surface area contributed by atoms with E-state index in [1.165, 1.54) is 17.7 Å². The van der Waals surface area contributed by atoms with Gasteiger partial charge in [-0.05, 0) is 12.1 Å². The molecule has 2 heterocycles. The average molecular weight is 300 g/mol. The third-order valence-electron chi connectivity index (χ3n) is 2.80. The van der Waals surface area contributed by atoms with Gasteiger partial charge in [0.05, 0.1) is 6.20 Å². The van der Waals surface area contributed by atoms with E-state index in [0.29, 0.717) is 23.7 Å². The number of rotatable bonds is 4. The van der Waals surface area contributed by atoms with Crippen molar-refractivity contribution in [1.29, 1.82) is 0 Å². The van der Waals surface area contributed by atoms with Crippen LogP contribution in [-0.4, -0.2) is 15.9 Å². The minimum atomic E-state index is -0.263. The minimum absolute atomic E-state index is 0.263. The first-order chi connectivity index (χ1) is 10.3. The molecule has 3 N–H and O–H groups in total. The molecule has 0 saturated heterocycles. The number of hydrogen-bond donors (Lipinski definition) is 2. The van der Waals surface area contributed by atoms with E-state index in [2.05, 4.69) is 15.3 Å². The van der Waals surface area contributed by atoms with Gasteiger partial charge < -0.3 is 15.5 Å².